The van der Waals surface area contributed by atoms with Crippen molar-refractivity contribution in [1.29, 1.82) is 0 Å². The van der Waals surface area contributed by atoms with E-state index in [9.17, 15) is 0 Å². The predicted molar refractivity (Wildman–Crippen MR) is 271 cm³/mol. The lowest BCUT2D eigenvalue weighted by Crippen LogP contribution is -2.74. The second kappa shape index (κ2) is 15.4. The fraction of sp³-hybridized carbons (Fsp3) is 0.213. The molecule has 64 heavy (non-hydrogen) atoms. The monoisotopic (exact) mass is 850 g/mol. The number of rotatable bonds is 7. The Morgan fingerprint density at radius 1 is 0.406 bits per heavy atom. The Bertz CT molecular complexity index is 3100. The van der Waals surface area contributed by atoms with Gasteiger partial charge in [-0.1, -0.05) is 180 Å². The molecule has 0 radical (unpaired) electrons. The second-order valence-corrected chi connectivity index (χ2v) is 23.3. The van der Waals surface area contributed by atoms with E-state index in [1.807, 2.05) is 0 Å². The van der Waals surface area contributed by atoms with Gasteiger partial charge in [-0.2, -0.15) is 0 Å². The minimum atomic E-state index is -3.05. The summed E-state index contributed by atoms with van der Waals surface area (Å²) < 4.78 is 14.2. The maximum Gasteiger partial charge on any atom is 0.179 e. The zero-order chi connectivity index (χ0) is 44.7. The Morgan fingerprint density at radius 3 is 1.30 bits per heavy atom. The van der Waals surface area contributed by atoms with E-state index in [0.717, 1.165) is 29.4 Å². The van der Waals surface area contributed by atoms with Crippen LogP contribution in [0.5, 0.6) is 23.0 Å². The minimum absolute atomic E-state index is 0.233. The van der Waals surface area contributed by atoms with E-state index in [2.05, 4.69) is 227 Å². The molecule has 0 saturated heterocycles. The van der Waals surface area contributed by atoms with E-state index in [4.69, 9.17) is 9.47 Å². The number of hydrogen-bond donors (Lipinski definition) is 0. The fourth-order valence-corrected chi connectivity index (χ4v) is 15.8. The zero-order valence-electron chi connectivity index (χ0n) is 39.0. The lowest BCUT2D eigenvalue weighted by molar-refractivity contribution is 0.418. The Balaban J connectivity index is 1.24. The number of hydrogen-bond acceptors (Lipinski definition) is 2. The maximum atomic E-state index is 7.13. The van der Waals surface area contributed by atoms with Gasteiger partial charge in [-0.25, -0.2) is 0 Å². The molecule has 0 bridgehead atoms. The van der Waals surface area contributed by atoms with Gasteiger partial charge in [-0.3, -0.25) is 0 Å². The summed E-state index contributed by atoms with van der Waals surface area (Å²) in [7, 11) is -3.05. The third kappa shape index (κ3) is 6.34. The SMILES string of the molecule is CCc1ccc2c(c1)Oc1c(ccc(C)c1-c1cc([Si](c3ccccc3)(c3ccccc3)c3ccc(C)c(-c4c(C)ccc5c4Oc4cc(C)ccc4C5(C)C)c3)ccc1C)C2(C)C. The van der Waals surface area contributed by atoms with Gasteiger partial charge in [0.25, 0.3) is 0 Å². The first-order valence-corrected chi connectivity index (χ1v) is 25.0. The van der Waals surface area contributed by atoms with E-state index >= 15 is 0 Å². The first-order valence-electron chi connectivity index (χ1n) is 23.0. The highest BCUT2D eigenvalue weighted by molar-refractivity contribution is 7.20. The molecule has 0 saturated carbocycles. The Kier molecular flexibility index (Phi) is 10.00. The molecule has 0 aromatic heterocycles. The summed E-state index contributed by atoms with van der Waals surface area (Å²) in [5, 5.41) is 5.33. The quantitative estimate of drug-likeness (QED) is 0.117. The lowest BCUT2D eigenvalue weighted by atomic mass is 9.74. The first kappa shape index (κ1) is 41.6. The Morgan fingerprint density at radius 2 is 0.828 bits per heavy atom. The van der Waals surface area contributed by atoms with Crippen LogP contribution in [0.4, 0.5) is 0 Å². The van der Waals surface area contributed by atoms with E-state index in [1.54, 1.807) is 0 Å². The molecule has 0 N–H and O–H groups in total. The van der Waals surface area contributed by atoms with Gasteiger partial charge >= 0.3 is 0 Å². The van der Waals surface area contributed by atoms with Crippen LogP contribution in [0.1, 0.15) is 90.3 Å². The normalized spacial score (nSPS) is 14.3. The van der Waals surface area contributed by atoms with Crippen molar-refractivity contribution in [2.24, 2.45) is 0 Å². The van der Waals surface area contributed by atoms with Crippen LogP contribution in [0, 0.1) is 34.6 Å². The number of ether oxygens (including phenoxy) is 2. The smallest absolute Gasteiger partial charge is 0.179 e. The molecule has 0 unspecified atom stereocenters. The van der Waals surface area contributed by atoms with Gasteiger partial charge in [-0.15, -0.1) is 0 Å². The average molecular weight is 851 g/mol. The van der Waals surface area contributed by atoms with Crippen LogP contribution in [0.15, 0.2) is 158 Å². The second-order valence-electron chi connectivity index (χ2n) is 19.4. The van der Waals surface area contributed by atoms with Crippen molar-refractivity contribution in [1.82, 2.24) is 0 Å². The van der Waals surface area contributed by atoms with Crippen molar-refractivity contribution >= 4 is 28.8 Å². The van der Waals surface area contributed by atoms with Gasteiger partial charge in [-0.05, 0) is 118 Å². The van der Waals surface area contributed by atoms with E-state index in [-0.39, 0.29) is 10.8 Å². The molecular formula is C61H58O2Si. The van der Waals surface area contributed by atoms with Crippen LogP contribution in [0.25, 0.3) is 22.3 Å². The largest absolute Gasteiger partial charge is 0.456 e. The Labute approximate surface area is 381 Å². The van der Waals surface area contributed by atoms with Crippen LogP contribution >= 0.6 is 0 Å². The van der Waals surface area contributed by atoms with Crippen LogP contribution in [0.3, 0.4) is 0 Å². The molecule has 0 atom stereocenters. The molecule has 2 aliphatic heterocycles. The molecule has 0 aliphatic carbocycles. The highest BCUT2D eigenvalue weighted by Crippen LogP contribution is 2.54. The molecule has 0 amide bonds. The molecule has 10 rings (SSSR count). The molecule has 318 valence electrons. The predicted octanol–water partition coefficient (Wildman–Crippen LogP) is 13.4. The van der Waals surface area contributed by atoms with E-state index in [1.165, 1.54) is 98.6 Å². The lowest BCUT2D eigenvalue weighted by Gasteiger charge is -2.38. The molecule has 2 nitrogen and oxygen atoms in total. The molecular weight excluding hydrogens is 793 g/mol. The Hall–Kier alpha value is -6.42. The van der Waals surface area contributed by atoms with Crippen LogP contribution in [0.2, 0.25) is 0 Å². The summed E-state index contributed by atoms with van der Waals surface area (Å²) in [6, 6.07) is 59.8. The number of aryl methyl sites for hydroxylation is 6. The van der Waals surface area contributed by atoms with Crippen molar-refractivity contribution in [3.63, 3.8) is 0 Å². The molecule has 2 heterocycles. The van der Waals surface area contributed by atoms with Crippen molar-refractivity contribution in [3.05, 3.63) is 213 Å². The van der Waals surface area contributed by atoms with Gasteiger partial charge < -0.3 is 9.47 Å². The van der Waals surface area contributed by atoms with Crippen molar-refractivity contribution in [3.8, 4) is 45.3 Å². The third-order valence-electron chi connectivity index (χ3n) is 14.7. The molecule has 0 fully saturated rings. The van der Waals surface area contributed by atoms with Gasteiger partial charge in [0.15, 0.2) is 8.07 Å². The number of benzene rings is 8. The molecule has 2 aliphatic rings. The molecule has 0 spiro atoms. The van der Waals surface area contributed by atoms with Gasteiger partial charge in [0.05, 0.1) is 0 Å². The summed E-state index contributed by atoms with van der Waals surface area (Å²) in [5.41, 5.74) is 16.5. The highest BCUT2D eigenvalue weighted by atomic mass is 28.3. The zero-order valence-corrected chi connectivity index (χ0v) is 40.0. The van der Waals surface area contributed by atoms with Crippen molar-refractivity contribution in [2.45, 2.75) is 86.5 Å². The average Bonchev–Trinajstić information content (AvgIpc) is 3.28. The standard InChI is InChI=1S/C61H58O2Si/c1-11-43-27-33-51-55(35-43)63-59-53(61(51,9)10)32-26-42(6)57(59)49-37-47(29-24-40(49)4)64(44-18-14-12-15-19-44,45-20-16-13-17-21-45)46-28-23-39(3)48(36-46)56-41(5)25-31-52-58(56)62-54-34-38(2)22-30-50(54)60(52,7)8/h12-37H,11H2,1-10H3. The summed E-state index contributed by atoms with van der Waals surface area (Å²) in [5.74, 6) is 3.85. The first-order chi connectivity index (χ1) is 30.7. The van der Waals surface area contributed by atoms with Crippen LogP contribution in [-0.4, -0.2) is 8.07 Å². The summed E-state index contributed by atoms with van der Waals surface area (Å²) in [4.78, 5) is 0. The fourth-order valence-electron chi connectivity index (χ4n) is 11.0. The molecule has 8 aromatic rings. The van der Waals surface area contributed by atoms with Gasteiger partial charge in [0.2, 0.25) is 0 Å². The molecule has 8 aromatic carbocycles. The topological polar surface area (TPSA) is 18.5 Å². The summed E-state index contributed by atoms with van der Waals surface area (Å²) in [6.45, 7) is 22.7. The third-order valence-corrected chi connectivity index (χ3v) is 19.5. The van der Waals surface area contributed by atoms with Gasteiger partial charge in [0.1, 0.15) is 23.0 Å². The van der Waals surface area contributed by atoms with Crippen molar-refractivity contribution < 1.29 is 9.47 Å². The summed E-state index contributed by atoms with van der Waals surface area (Å²) in [6.07, 6.45) is 0.961. The minimum Gasteiger partial charge on any atom is -0.456 e. The van der Waals surface area contributed by atoms with Crippen LogP contribution < -0.4 is 30.2 Å². The van der Waals surface area contributed by atoms with Gasteiger partial charge in [0, 0.05) is 44.2 Å². The molecule has 3 heteroatoms. The maximum absolute atomic E-state index is 7.13. The highest BCUT2D eigenvalue weighted by Gasteiger charge is 2.44. The number of fused-ring (bicyclic) bond motifs is 4. The van der Waals surface area contributed by atoms with Crippen LogP contribution in [-0.2, 0) is 17.3 Å². The van der Waals surface area contributed by atoms with Crippen molar-refractivity contribution in [2.75, 3.05) is 0 Å². The summed E-state index contributed by atoms with van der Waals surface area (Å²) >= 11 is 0. The van der Waals surface area contributed by atoms with E-state index < -0.39 is 8.07 Å². The van der Waals surface area contributed by atoms with E-state index in [0.29, 0.717) is 0 Å².